The van der Waals surface area contributed by atoms with Gasteiger partial charge in [0.05, 0.1) is 20.3 Å². The smallest absolute Gasteiger partial charge is 0.181 e. The highest BCUT2D eigenvalue weighted by molar-refractivity contribution is 6.30. The summed E-state index contributed by atoms with van der Waals surface area (Å²) >= 11 is 5.90. The van der Waals surface area contributed by atoms with E-state index < -0.39 is 6.04 Å². The summed E-state index contributed by atoms with van der Waals surface area (Å²) in [6.07, 6.45) is 0. The molecule has 6 nitrogen and oxygen atoms in total. The number of aromatic nitrogens is 3. The third kappa shape index (κ3) is 3.20. The van der Waals surface area contributed by atoms with Gasteiger partial charge in [0.25, 0.3) is 0 Å². The second-order valence-electron chi connectivity index (χ2n) is 5.14. The molecule has 3 rings (SSSR count). The Morgan fingerprint density at radius 1 is 1.04 bits per heavy atom. The Morgan fingerprint density at radius 2 is 1.75 bits per heavy atom. The number of rotatable bonds is 5. The molecule has 1 heterocycles. The first kappa shape index (κ1) is 16.3. The first-order valence-corrected chi connectivity index (χ1v) is 7.66. The third-order valence-electron chi connectivity index (χ3n) is 3.67. The molecular formula is C17H17ClN4O2. The molecule has 0 saturated heterocycles. The standard InChI is InChI=1S/C17H17ClN4O2/c1-23-13-8-5-11(9-14(13)24-2)16-20-17(22-21-16)15(19)10-3-6-12(18)7-4-10/h3-9,15H,19H2,1-2H3,(H,20,21,22)/t15-/m0/s1. The van der Waals surface area contributed by atoms with Crippen molar-refractivity contribution in [2.24, 2.45) is 5.73 Å². The highest BCUT2D eigenvalue weighted by Gasteiger charge is 2.16. The monoisotopic (exact) mass is 344 g/mol. The predicted octanol–water partition coefficient (Wildman–Crippen LogP) is 3.19. The molecule has 0 unspecified atom stereocenters. The van der Waals surface area contributed by atoms with Crippen LogP contribution in [0.25, 0.3) is 11.4 Å². The third-order valence-corrected chi connectivity index (χ3v) is 3.92. The minimum absolute atomic E-state index is 0.413. The van der Waals surface area contributed by atoms with E-state index in [4.69, 9.17) is 26.8 Å². The highest BCUT2D eigenvalue weighted by atomic mass is 35.5. The lowest BCUT2D eigenvalue weighted by Crippen LogP contribution is -2.13. The number of hydrogen-bond acceptors (Lipinski definition) is 5. The van der Waals surface area contributed by atoms with Crippen molar-refractivity contribution in [2.75, 3.05) is 14.2 Å². The maximum absolute atomic E-state index is 6.24. The van der Waals surface area contributed by atoms with Crippen molar-refractivity contribution in [1.82, 2.24) is 15.2 Å². The number of nitrogens with one attached hydrogen (secondary N) is 1. The van der Waals surface area contributed by atoms with Crippen LogP contribution < -0.4 is 15.2 Å². The molecular weight excluding hydrogens is 328 g/mol. The quantitative estimate of drug-likeness (QED) is 0.742. The molecule has 0 spiro atoms. The van der Waals surface area contributed by atoms with Gasteiger partial charge in [-0.05, 0) is 35.9 Å². The second kappa shape index (κ2) is 6.90. The van der Waals surface area contributed by atoms with Crippen molar-refractivity contribution < 1.29 is 9.47 Å². The van der Waals surface area contributed by atoms with E-state index in [1.807, 2.05) is 30.3 Å². The van der Waals surface area contributed by atoms with E-state index in [2.05, 4.69) is 15.2 Å². The molecule has 1 atom stereocenters. The first-order chi connectivity index (χ1) is 11.6. The minimum Gasteiger partial charge on any atom is -0.493 e. The summed E-state index contributed by atoms with van der Waals surface area (Å²) < 4.78 is 10.5. The number of methoxy groups -OCH3 is 2. The lowest BCUT2D eigenvalue weighted by atomic mass is 10.1. The number of nitrogens with two attached hydrogens (primary N) is 1. The van der Waals surface area contributed by atoms with Gasteiger partial charge in [-0.15, -0.1) is 0 Å². The summed E-state index contributed by atoms with van der Waals surface area (Å²) in [5.41, 5.74) is 7.94. The summed E-state index contributed by atoms with van der Waals surface area (Å²) in [4.78, 5) is 4.49. The summed E-state index contributed by atoms with van der Waals surface area (Å²) in [5.74, 6) is 2.37. The van der Waals surface area contributed by atoms with Gasteiger partial charge >= 0.3 is 0 Å². The fraction of sp³-hybridized carbons (Fsp3) is 0.176. The molecule has 3 aromatic rings. The van der Waals surface area contributed by atoms with Crippen molar-refractivity contribution in [3.63, 3.8) is 0 Å². The topological polar surface area (TPSA) is 86.0 Å². The van der Waals surface area contributed by atoms with Crippen LogP contribution in [0.2, 0.25) is 5.02 Å². The van der Waals surface area contributed by atoms with E-state index in [-0.39, 0.29) is 0 Å². The Kier molecular flexibility index (Phi) is 4.69. The van der Waals surface area contributed by atoms with Gasteiger partial charge in [-0.2, -0.15) is 5.10 Å². The van der Waals surface area contributed by atoms with Crippen LogP contribution in [0.4, 0.5) is 0 Å². The molecule has 7 heteroatoms. The summed E-state index contributed by atoms with van der Waals surface area (Å²) in [6, 6.07) is 12.4. The minimum atomic E-state index is -0.413. The van der Waals surface area contributed by atoms with Crippen molar-refractivity contribution in [3.05, 3.63) is 58.9 Å². The predicted molar refractivity (Wildman–Crippen MR) is 92.4 cm³/mol. The van der Waals surface area contributed by atoms with Gasteiger partial charge in [-0.25, -0.2) is 4.98 Å². The van der Waals surface area contributed by atoms with Crippen molar-refractivity contribution in [3.8, 4) is 22.9 Å². The Hall–Kier alpha value is -2.57. The lowest BCUT2D eigenvalue weighted by molar-refractivity contribution is 0.355. The van der Waals surface area contributed by atoms with Crippen LogP contribution in [0, 0.1) is 0 Å². The van der Waals surface area contributed by atoms with E-state index in [1.54, 1.807) is 26.4 Å². The molecule has 0 radical (unpaired) electrons. The number of aromatic amines is 1. The Bertz CT molecular complexity index is 833. The summed E-state index contributed by atoms with van der Waals surface area (Å²) in [6.45, 7) is 0. The van der Waals surface area contributed by atoms with Crippen LogP contribution in [-0.4, -0.2) is 29.4 Å². The number of benzene rings is 2. The first-order valence-electron chi connectivity index (χ1n) is 7.28. The Morgan fingerprint density at radius 3 is 2.42 bits per heavy atom. The SMILES string of the molecule is COc1ccc(-c2n[nH]c([C@@H](N)c3ccc(Cl)cc3)n2)cc1OC. The molecule has 0 aliphatic heterocycles. The second-order valence-corrected chi connectivity index (χ2v) is 5.58. The van der Waals surface area contributed by atoms with Crippen LogP contribution in [0.3, 0.4) is 0 Å². The average Bonchev–Trinajstić information content (AvgIpc) is 3.11. The maximum Gasteiger partial charge on any atom is 0.181 e. The molecule has 24 heavy (non-hydrogen) atoms. The van der Waals surface area contributed by atoms with E-state index in [9.17, 15) is 0 Å². The van der Waals surface area contributed by atoms with Gasteiger partial charge in [-0.1, -0.05) is 23.7 Å². The van der Waals surface area contributed by atoms with Gasteiger partial charge in [0.15, 0.2) is 17.3 Å². The Labute approximate surface area is 144 Å². The number of H-pyrrole nitrogens is 1. The van der Waals surface area contributed by atoms with E-state index in [0.29, 0.717) is 28.2 Å². The van der Waals surface area contributed by atoms with Gasteiger partial charge in [0, 0.05) is 10.6 Å². The van der Waals surface area contributed by atoms with Crippen molar-refractivity contribution in [2.45, 2.75) is 6.04 Å². The average molecular weight is 345 g/mol. The molecule has 1 aromatic heterocycles. The van der Waals surface area contributed by atoms with Crippen LogP contribution in [0.15, 0.2) is 42.5 Å². The van der Waals surface area contributed by atoms with Crippen LogP contribution >= 0.6 is 11.6 Å². The number of ether oxygens (including phenoxy) is 2. The van der Waals surface area contributed by atoms with Gasteiger partial charge in [-0.3, -0.25) is 5.10 Å². The summed E-state index contributed by atoms with van der Waals surface area (Å²) in [7, 11) is 3.18. The van der Waals surface area contributed by atoms with Crippen LogP contribution in [0.5, 0.6) is 11.5 Å². The molecule has 0 fully saturated rings. The van der Waals surface area contributed by atoms with Crippen LogP contribution in [0.1, 0.15) is 17.4 Å². The molecule has 0 aliphatic carbocycles. The molecule has 0 saturated carbocycles. The maximum atomic E-state index is 6.24. The zero-order valence-electron chi connectivity index (χ0n) is 13.3. The molecule has 0 aliphatic rings. The zero-order valence-corrected chi connectivity index (χ0v) is 14.0. The van der Waals surface area contributed by atoms with E-state index in [0.717, 1.165) is 11.1 Å². The van der Waals surface area contributed by atoms with Gasteiger partial charge in [0.1, 0.15) is 5.82 Å². The lowest BCUT2D eigenvalue weighted by Gasteiger charge is -2.08. The van der Waals surface area contributed by atoms with Gasteiger partial charge in [0.2, 0.25) is 0 Å². The van der Waals surface area contributed by atoms with E-state index in [1.165, 1.54) is 0 Å². The van der Waals surface area contributed by atoms with Crippen molar-refractivity contribution in [1.29, 1.82) is 0 Å². The number of halogens is 1. The number of hydrogen-bond donors (Lipinski definition) is 2. The Balaban J connectivity index is 1.89. The summed E-state index contributed by atoms with van der Waals surface area (Å²) in [5, 5.41) is 7.80. The molecule has 124 valence electrons. The van der Waals surface area contributed by atoms with Gasteiger partial charge < -0.3 is 15.2 Å². The normalized spacial score (nSPS) is 12.0. The highest BCUT2D eigenvalue weighted by Crippen LogP contribution is 2.31. The molecule has 2 aromatic carbocycles. The molecule has 0 bridgehead atoms. The fourth-order valence-corrected chi connectivity index (χ4v) is 2.47. The largest absolute Gasteiger partial charge is 0.493 e. The zero-order chi connectivity index (χ0) is 17.1. The molecule has 3 N–H and O–H groups in total. The van der Waals surface area contributed by atoms with Crippen molar-refractivity contribution >= 4 is 11.6 Å². The van der Waals surface area contributed by atoms with Crippen LogP contribution in [-0.2, 0) is 0 Å². The van der Waals surface area contributed by atoms with E-state index >= 15 is 0 Å². The fourth-order valence-electron chi connectivity index (χ4n) is 2.35. The number of nitrogens with zero attached hydrogens (tertiary/aromatic N) is 2. The molecule has 0 amide bonds.